The maximum Gasteiger partial charge on any atom is 0.221 e. The average Bonchev–Trinajstić information content (AvgIpc) is 2.37. The highest BCUT2D eigenvalue weighted by Crippen LogP contribution is 2.13. The lowest BCUT2D eigenvalue weighted by Crippen LogP contribution is -2.14. The number of pyridine rings is 1. The van der Waals surface area contributed by atoms with Crippen molar-refractivity contribution < 1.29 is 4.79 Å². The Labute approximate surface area is 122 Å². The molecule has 0 amide bonds. The van der Waals surface area contributed by atoms with E-state index in [1.54, 1.807) is 12.3 Å². The minimum absolute atomic E-state index is 0.0516. The summed E-state index contributed by atoms with van der Waals surface area (Å²) in [6.07, 6.45) is 2.34. The Bertz CT molecular complexity index is 704. The molecule has 0 bridgehead atoms. The summed E-state index contributed by atoms with van der Waals surface area (Å²) in [6, 6.07) is 9.63. The Kier molecular flexibility index (Phi) is 4.40. The summed E-state index contributed by atoms with van der Waals surface area (Å²) in [6.45, 7) is 3.91. The number of rotatable bonds is 4. The van der Waals surface area contributed by atoms with E-state index in [1.165, 1.54) is 0 Å². The fourth-order valence-electron chi connectivity index (χ4n) is 2.15. The molecule has 104 valence electrons. The highest BCUT2D eigenvalue weighted by atomic mass is 35.5. The van der Waals surface area contributed by atoms with Crippen molar-refractivity contribution in [1.29, 1.82) is 0 Å². The molecule has 2 rings (SSSR count). The predicted molar refractivity (Wildman–Crippen MR) is 80.7 cm³/mol. The van der Waals surface area contributed by atoms with Crippen LogP contribution in [0.25, 0.3) is 5.69 Å². The molecule has 0 atom stereocenters. The van der Waals surface area contributed by atoms with Gasteiger partial charge in [-0.2, -0.15) is 0 Å². The Morgan fingerprint density at radius 1 is 1.25 bits per heavy atom. The second kappa shape index (κ2) is 6.06. The molecule has 0 unspecified atom stereocenters. The minimum Gasteiger partial charge on any atom is -0.321 e. The van der Waals surface area contributed by atoms with Crippen LogP contribution < -0.4 is 5.43 Å². The zero-order chi connectivity index (χ0) is 14.7. The van der Waals surface area contributed by atoms with Crippen molar-refractivity contribution in [1.82, 2.24) is 4.57 Å². The van der Waals surface area contributed by atoms with E-state index >= 15 is 0 Å². The average molecular weight is 290 g/mol. The van der Waals surface area contributed by atoms with Crippen LogP contribution in [-0.4, -0.2) is 9.81 Å². The number of benzene rings is 1. The van der Waals surface area contributed by atoms with Gasteiger partial charge in [0.05, 0.1) is 0 Å². The molecule has 0 saturated carbocycles. The van der Waals surface area contributed by atoms with Gasteiger partial charge in [-0.3, -0.25) is 9.59 Å². The van der Waals surface area contributed by atoms with Gasteiger partial charge in [-0.25, -0.2) is 0 Å². The molecule has 0 aliphatic carbocycles. The topological polar surface area (TPSA) is 39.1 Å². The molecule has 1 aromatic heterocycles. The Balaban J connectivity index is 2.46. The predicted octanol–water partition coefficient (Wildman–Crippen LogP) is 3.15. The van der Waals surface area contributed by atoms with E-state index in [0.29, 0.717) is 12.0 Å². The summed E-state index contributed by atoms with van der Waals surface area (Å²) in [5.41, 5.74) is 3.57. The van der Waals surface area contributed by atoms with Crippen LogP contribution >= 0.6 is 11.6 Å². The first-order valence-electron chi connectivity index (χ1n) is 6.45. The summed E-state index contributed by atoms with van der Waals surface area (Å²) in [7, 11) is 0. The second-order valence-corrected chi connectivity index (χ2v) is 5.29. The molecule has 1 aromatic carbocycles. The lowest BCUT2D eigenvalue weighted by atomic mass is 10.1. The van der Waals surface area contributed by atoms with Gasteiger partial charge in [0.25, 0.3) is 0 Å². The van der Waals surface area contributed by atoms with Crippen LogP contribution in [0.15, 0.2) is 41.3 Å². The van der Waals surface area contributed by atoms with E-state index in [-0.39, 0.29) is 11.8 Å². The van der Waals surface area contributed by atoms with Crippen LogP contribution in [0.4, 0.5) is 0 Å². The van der Waals surface area contributed by atoms with Crippen LogP contribution in [-0.2, 0) is 11.2 Å². The van der Waals surface area contributed by atoms with E-state index in [9.17, 15) is 9.59 Å². The first-order chi connectivity index (χ1) is 9.47. The second-order valence-electron chi connectivity index (χ2n) is 4.87. The van der Waals surface area contributed by atoms with Crippen molar-refractivity contribution in [3.8, 4) is 5.69 Å². The van der Waals surface area contributed by atoms with Gasteiger partial charge in [-0.15, -0.1) is 0 Å². The van der Waals surface area contributed by atoms with Crippen molar-refractivity contribution >= 4 is 16.8 Å². The number of carbonyl (C=O) groups excluding carboxylic acids is 1. The van der Waals surface area contributed by atoms with Crippen LogP contribution in [0, 0.1) is 13.8 Å². The standard InChI is InChI=1S/C16H16ClNO2/c1-11-4-3-5-14(8-11)18-10-13(6-7-16(17)20)15(19)9-12(18)2/h3-5,8-10H,6-7H2,1-2H3. The van der Waals surface area contributed by atoms with Gasteiger partial charge in [0.1, 0.15) is 0 Å². The third-order valence-electron chi connectivity index (χ3n) is 3.19. The van der Waals surface area contributed by atoms with Gasteiger partial charge in [0, 0.05) is 35.6 Å². The van der Waals surface area contributed by atoms with Gasteiger partial charge in [-0.1, -0.05) is 12.1 Å². The van der Waals surface area contributed by atoms with E-state index in [2.05, 4.69) is 0 Å². The fraction of sp³-hybridized carbons (Fsp3) is 0.250. The van der Waals surface area contributed by atoms with Gasteiger partial charge in [-0.05, 0) is 49.6 Å². The van der Waals surface area contributed by atoms with Crippen molar-refractivity contribution in [3.05, 3.63) is 63.6 Å². The highest BCUT2D eigenvalue weighted by molar-refractivity contribution is 6.63. The van der Waals surface area contributed by atoms with Crippen LogP contribution in [0.2, 0.25) is 0 Å². The van der Waals surface area contributed by atoms with E-state index in [1.807, 2.05) is 42.7 Å². The van der Waals surface area contributed by atoms with Gasteiger partial charge < -0.3 is 4.57 Å². The third-order valence-corrected chi connectivity index (χ3v) is 3.38. The maximum absolute atomic E-state index is 11.9. The van der Waals surface area contributed by atoms with Crippen molar-refractivity contribution in [2.75, 3.05) is 0 Å². The van der Waals surface area contributed by atoms with Crippen LogP contribution in [0.1, 0.15) is 23.2 Å². The van der Waals surface area contributed by atoms with Gasteiger partial charge in [0.2, 0.25) is 5.24 Å². The van der Waals surface area contributed by atoms with Crippen LogP contribution in [0.5, 0.6) is 0 Å². The minimum atomic E-state index is -0.424. The Hall–Kier alpha value is -1.87. The van der Waals surface area contributed by atoms with E-state index < -0.39 is 5.24 Å². The molecule has 20 heavy (non-hydrogen) atoms. The molecule has 2 aromatic rings. The van der Waals surface area contributed by atoms with Crippen LogP contribution in [0.3, 0.4) is 0 Å². The molecule has 0 radical (unpaired) electrons. The summed E-state index contributed by atoms with van der Waals surface area (Å²) < 4.78 is 1.96. The summed E-state index contributed by atoms with van der Waals surface area (Å²) in [5.74, 6) is 0. The molecule has 0 N–H and O–H groups in total. The number of carbonyl (C=O) groups is 1. The van der Waals surface area contributed by atoms with E-state index in [0.717, 1.165) is 16.9 Å². The Morgan fingerprint density at radius 3 is 2.65 bits per heavy atom. The summed E-state index contributed by atoms with van der Waals surface area (Å²) in [5, 5.41) is -0.424. The number of aryl methyl sites for hydroxylation is 3. The molecule has 4 heteroatoms. The number of nitrogens with zero attached hydrogens (tertiary/aromatic N) is 1. The molecular formula is C16H16ClNO2. The summed E-state index contributed by atoms with van der Waals surface area (Å²) in [4.78, 5) is 22.8. The molecule has 0 saturated heterocycles. The quantitative estimate of drug-likeness (QED) is 0.811. The lowest BCUT2D eigenvalue weighted by molar-refractivity contribution is -0.111. The highest BCUT2D eigenvalue weighted by Gasteiger charge is 2.07. The molecule has 1 heterocycles. The molecule has 0 aliphatic heterocycles. The van der Waals surface area contributed by atoms with Gasteiger partial charge >= 0.3 is 0 Å². The maximum atomic E-state index is 11.9. The molecule has 0 fully saturated rings. The third kappa shape index (κ3) is 3.36. The van der Waals surface area contributed by atoms with Crippen molar-refractivity contribution in [2.24, 2.45) is 0 Å². The number of hydrogen-bond acceptors (Lipinski definition) is 2. The lowest BCUT2D eigenvalue weighted by Gasteiger charge is -2.13. The monoisotopic (exact) mass is 289 g/mol. The van der Waals surface area contributed by atoms with Crippen molar-refractivity contribution in [2.45, 2.75) is 26.7 Å². The molecule has 0 aliphatic rings. The van der Waals surface area contributed by atoms with E-state index in [4.69, 9.17) is 11.6 Å². The normalized spacial score (nSPS) is 10.6. The fourth-order valence-corrected chi connectivity index (χ4v) is 2.24. The van der Waals surface area contributed by atoms with Gasteiger partial charge in [0.15, 0.2) is 5.43 Å². The first-order valence-corrected chi connectivity index (χ1v) is 6.83. The first kappa shape index (κ1) is 14.5. The number of halogens is 1. The largest absolute Gasteiger partial charge is 0.321 e. The SMILES string of the molecule is Cc1cccc(-n2cc(CCC(=O)Cl)c(=O)cc2C)c1. The zero-order valence-electron chi connectivity index (χ0n) is 11.5. The summed E-state index contributed by atoms with van der Waals surface area (Å²) >= 11 is 5.34. The molecule has 3 nitrogen and oxygen atoms in total. The van der Waals surface area contributed by atoms with Crippen molar-refractivity contribution in [3.63, 3.8) is 0 Å². The molecular weight excluding hydrogens is 274 g/mol. The number of aromatic nitrogens is 1. The molecule has 0 spiro atoms. The zero-order valence-corrected chi connectivity index (χ0v) is 12.3. The Morgan fingerprint density at radius 2 is 2.00 bits per heavy atom. The number of hydrogen-bond donors (Lipinski definition) is 0. The smallest absolute Gasteiger partial charge is 0.221 e.